The van der Waals surface area contributed by atoms with Crippen LogP contribution in [0.2, 0.25) is 0 Å². The second kappa shape index (κ2) is 13.4. The van der Waals surface area contributed by atoms with E-state index >= 15 is 0 Å². The van der Waals surface area contributed by atoms with Gasteiger partial charge >= 0.3 is 0 Å². The topological polar surface area (TPSA) is 22.1 Å². The van der Waals surface area contributed by atoms with Gasteiger partial charge in [-0.15, -0.1) is 0 Å². The predicted molar refractivity (Wildman–Crippen MR) is 121 cm³/mol. The van der Waals surface area contributed by atoms with Crippen molar-refractivity contribution < 1.29 is 4.74 Å². The summed E-state index contributed by atoms with van der Waals surface area (Å²) in [5.74, 6) is 1.53. The van der Waals surface area contributed by atoms with E-state index < -0.39 is 0 Å². The normalized spacial score (nSPS) is 12.1. The molecule has 2 aromatic rings. The molecule has 0 amide bonds. The first-order chi connectivity index (χ1) is 13.7. The number of pyridine rings is 1. The van der Waals surface area contributed by atoms with Crippen LogP contribution in [0.3, 0.4) is 0 Å². The Morgan fingerprint density at radius 1 is 0.821 bits per heavy atom. The molecule has 2 heteroatoms. The van der Waals surface area contributed by atoms with E-state index in [1.807, 2.05) is 18.3 Å². The van der Waals surface area contributed by atoms with Gasteiger partial charge in [-0.1, -0.05) is 78.2 Å². The minimum absolute atomic E-state index is 0.593. The number of benzene rings is 1. The molecule has 0 bridgehead atoms. The van der Waals surface area contributed by atoms with Gasteiger partial charge in [0.1, 0.15) is 5.75 Å². The smallest absolute Gasteiger partial charge is 0.119 e. The van der Waals surface area contributed by atoms with Gasteiger partial charge in [-0.3, -0.25) is 4.98 Å². The van der Waals surface area contributed by atoms with Crippen LogP contribution in [0.5, 0.6) is 5.75 Å². The Labute approximate surface area is 172 Å². The van der Waals surface area contributed by atoms with E-state index in [0.29, 0.717) is 5.92 Å². The zero-order valence-electron chi connectivity index (χ0n) is 18.3. The van der Waals surface area contributed by atoms with Gasteiger partial charge in [-0.25, -0.2) is 0 Å². The fourth-order valence-corrected chi connectivity index (χ4v) is 3.28. The molecule has 1 heterocycles. The molecule has 0 saturated heterocycles. The van der Waals surface area contributed by atoms with Gasteiger partial charge in [-0.2, -0.15) is 0 Å². The van der Waals surface area contributed by atoms with Crippen LogP contribution in [0.4, 0.5) is 0 Å². The molecule has 0 aliphatic carbocycles. The third-order valence-electron chi connectivity index (χ3n) is 5.53. The summed E-state index contributed by atoms with van der Waals surface area (Å²) < 4.78 is 5.84. The lowest BCUT2D eigenvalue weighted by atomic mass is 10.0. The number of aryl methyl sites for hydroxylation is 1. The van der Waals surface area contributed by atoms with Crippen LogP contribution in [0, 0.1) is 5.92 Å². The standard InChI is InChI=1S/C26H39NO/c1-4-6-7-8-9-10-11-12-13-23-14-19-26(27-20-23)24-15-17-25(18-16-24)28-21-22(3)5-2/h14-20,22H,4-13,21H2,1-3H3/t22-/m0/s1. The average molecular weight is 382 g/mol. The molecule has 28 heavy (non-hydrogen) atoms. The van der Waals surface area contributed by atoms with E-state index in [0.717, 1.165) is 36.5 Å². The molecule has 0 N–H and O–H groups in total. The molecule has 0 aliphatic heterocycles. The third-order valence-corrected chi connectivity index (χ3v) is 5.53. The van der Waals surface area contributed by atoms with Crippen LogP contribution in [0.25, 0.3) is 11.3 Å². The first kappa shape index (κ1) is 22.5. The summed E-state index contributed by atoms with van der Waals surface area (Å²) in [6.45, 7) is 7.47. The Kier molecular flexibility index (Phi) is 10.7. The van der Waals surface area contributed by atoms with Gasteiger partial charge in [-0.05, 0) is 54.7 Å². The predicted octanol–water partition coefficient (Wildman–Crippen LogP) is 7.86. The van der Waals surface area contributed by atoms with Crippen molar-refractivity contribution >= 4 is 0 Å². The van der Waals surface area contributed by atoms with Gasteiger partial charge in [0.25, 0.3) is 0 Å². The quantitative estimate of drug-likeness (QED) is 0.311. The van der Waals surface area contributed by atoms with E-state index in [-0.39, 0.29) is 0 Å². The van der Waals surface area contributed by atoms with Crippen LogP contribution >= 0.6 is 0 Å². The Morgan fingerprint density at radius 3 is 2.11 bits per heavy atom. The third kappa shape index (κ3) is 8.46. The largest absolute Gasteiger partial charge is 0.493 e. The molecule has 2 rings (SSSR count). The number of hydrogen-bond donors (Lipinski definition) is 0. The highest BCUT2D eigenvalue weighted by Gasteiger charge is 2.03. The zero-order chi connectivity index (χ0) is 20.0. The van der Waals surface area contributed by atoms with Crippen LogP contribution in [-0.2, 0) is 6.42 Å². The van der Waals surface area contributed by atoms with Crippen molar-refractivity contribution in [3.05, 3.63) is 48.2 Å². The molecule has 154 valence electrons. The molecule has 0 unspecified atom stereocenters. The van der Waals surface area contributed by atoms with Crippen molar-refractivity contribution in [1.29, 1.82) is 0 Å². The Bertz CT molecular complexity index is 632. The lowest BCUT2D eigenvalue weighted by Crippen LogP contribution is -2.06. The molecular weight excluding hydrogens is 342 g/mol. The summed E-state index contributed by atoms with van der Waals surface area (Å²) in [5, 5.41) is 0. The van der Waals surface area contributed by atoms with Crippen LogP contribution in [0.15, 0.2) is 42.6 Å². The second-order valence-electron chi connectivity index (χ2n) is 8.13. The summed E-state index contributed by atoms with van der Waals surface area (Å²) in [4.78, 5) is 4.67. The molecule has 0 saturated carbocycles. The van der Waals surface area contributed by atoms with E-state index in [9.17, 15) is 0 Å². The van der Waals surface area contributed by atoms with Crippen molar-refractivity contribution in [1.82, 2.24) is 4.98 Å². The number of aromatic nitrogens is 1. The molecule has 2 nitrogen and oxygen atoms in total. The number of rotatable bonds is 14. The molecule has 0 aliphatic rings. The molecule has 0 spiro atoms. The first-order valence-electron chi connectivity index (χ1n) is 11.4. The van der Waals surface area contributed by atoms with Gasteiger partial charge in [0.15, 0.2) is 0 Å². The first-order valence-corrected chi connectivity index (χ1v) is 11.4. The summed E-state index contributed by atoms with van der Waals surface area (Å²) in [7, 11) is 0. The zero-order valence-corrected chi connectivity index (χ0v) is 18.3. The fourth-order valence-electron chi connectivity index (χ4n) is 3.28. The van der Waals surface area contributed by atoms with E-state index in [1.165, 1.54) is 56.9 Å². The maximum atomic E-state index is 5.84. The van der Waals surface area contributed by atoms with Gasteiger partial charge in [0.2, 0.25) is 0 Å². The summed E-state index contributed by atoms with van der Waals surface area (Å²) in [6.07, 6.45) is 15.3. The van der Waals surface area contributed by atoms with E-state index in [4.69, 9.17) is 4.74 Å². The van der Waals surface area contributed by atoms with Crippen LogP contribution in [0.1, 0.15) is 84.1 Å². The molecule has 0 fully saturated rings. The number of ether oxygens (including phenoxy) is 1. The highest BCUT2D eigenvalue weighted by Crippen LogP contribution is 2.22. The minimum Gasteiger partial charge on any atom is -0.493 e. The van der Waals surface area contributed by atoms with Crippen LogP contribution < -0.4 is 4.74 Å². The molecule has 1 atom stereocenters. The summed E-state index contributed by atoms with van der Waals surface area (Å²) in [5.41, 5.74) is 3.53. The number of nitrogens with zero attached hydrogens (tertiary/aromatic N) is 1. The van der Waals surface area contributed by atoms with Crippen molar-refractivity contribution in [3.8, 4) is 17.0 Å². The van der Waals surface area contributed by atoms with Crippen molar-refractivity contribution in [2.24, 2.45) is 5.92 Å². The summed E-state index contributed by atoms with van der Waals surface area (Å²) >= 11 is 0. The molecule has 1 aromatic heterocycles. The highest BCUT2D eigenvalue weighted by molar-refractivity contribution is 5.60. The van der Waals surface area contributed by atoms with Gasteiger partial charge < -0.3 is 4.74 Å². The lowest BCUT2D eigenvalue weighted by Gasteiger charge is -2.11. The molecular formula is C26H39NO. The average Bonchev–Trinajstić information content (AvgIpc) is 2.74. The Balaban J connectivity index is 1.71. The number of hydrogen-bond acceptors (Lipinski definition) is 2. The Morgan fingerprint density at radius 2 is 1.50 bits per heavy atom. The summed E-state index contributed by atoms with van der Waals surface area (Å²) in [6, 6.07) is 12.7. The molecule has 1 aromatic carbocycles. The monoisotopic (exact) mass is 381 g/mol. The highest BCUT2D eigenvalue weighted by atomic mass is 16.5. The molecule has 0 radical (unpaired) electrons. The second-order valence-corrected chi connectivity index (χ2v) is 8.13. The van der Waals surface area contributed by atoms with E-state index in [1.54, 1.807) is 0 Å². The lowest BCUT2D eigenvalue weighted by molar-refractivity contribution is 0.256. The fraction of sp³-hybridized carbons (Fsp3) is 0.577. The van der Waals surface area contributed by atoms with Crippen molar-refractivity contribution in [3.63, 3.8) is 0 Å². The van der Waals surface area contributed by atoms with Gasteiger partial charge in [0, 0.05) is 11.8 Å². The SMILES string of the molecule is CCCCCCCCCCc1ccc(-c2ccc(OC[C@@H](C)CC)cc2)nc1. The van der Waals surface area contributed by atoms with Gasteiger partial charge in [0.05, 0.1) is 12.3 Å². The maximum Gasteiger partial charge on any atom is 0.119 e. The van der Waals surface area contributed by atoms with Crippen LogP contribution in [-0.4, -0.2) is 11.6 Å². The maximum absolute atomic E-state index is 5.84. The minimum atomic E-state index is 0.593. The van der Waals surface area contributed by atoms with Crippen molar-refractivity contribution in [2.75, 3.05) is 6.61 Å². The Hall–Kier alpha value is -1.83. The van der Waals surface area contributed by atoms with E-state index in [2.05, 4.69) is 50.0 Å². The van der Waals surface area contributed by atoms with Crippen molar-refractivity contribution in [2.45, 2.75) is 85.0 Å². The number of unbranched alkanes of at least 4 members (excludes halogenated alkanes) is 7.